The van der Waals surface area contributed by atoms with E-state index in [1.165, 1.54) is 16.3 Å². The van der Waals surface area contributed by atoms with Crippen LogP contribution in [0.4, 0.5) is 11.4 Å². The maximum Gasteiger partial charge on any atom is 0.264 e. The van der Waals surface area contributed by atoms with E-state index in [2.05, 4.69) is 5.32 Å². The van der Waals surface area contributed by atoms with Crippen molar-refractivity contribution in [1.82, 2.24) is 4.90 Å². The molecule has 0 saturated heterocycles. The topological polar surface area (TPSA) is 86.8 Å². The minimum absolute atomic E-state index is 0.00114. The standard InChI is InChI=1S/C25H27N3O4S/c1-18-5-15-23(16-6-18)33(31,32)28(4)22-13-9-20(10-14-22)25(30)26-21-11-7-19(8-12-21)17-24(29)27(2)3/h5-16H,17H2,1-4H3,(H,26,30). The summed E-state index contributed by atoms with van der Waals surface area (Å²) in [7, 11) is 1.19. The van der Waals surface area contributed by atoms with Gasteiger partial charge in [-0.05, 0) is 61.0 Å². The summed E-state index contributed by atoms with van der Waals surface area (Å²) >= 11 is 0. The molecule has 0 aromatic heterocycles. The average Bonchev–Trinajstić information content (AvgIpc) is 2.80. The fourth-order valence-corrected chi connectivity index (χ4v) is 4.27. The number of aryl methyl sites for hydroxylation is 1. The van der Waals surface area contributed by atoms with Crippen molar-refractivity contribution >= 4 is 33.2 Å². The zero-order valence-corrected chi connectivity index (χ0v) is 19.9. The number of rotatable bonds is 7. The number of sulfonamides is 1. The van der Waals surface area contributed by atoms with E-state index in [0.29, 0.717) is 23.4 Å². The Morgan fingerprint density at radius 2 is 1.39 bits per heavy atom. The Bertz CT molecular complexity index is 1230. The molecule has 0 aliphatic heterocycles. The Morgan fingerprint density at radius 3 is 1.94 bits per heavy atom. The lowest BCUT2D eigenvalue weighted by Crippen LogP contribution is -2.26. The van der Waals surface area contributed by atoms with Gasteiger partial charge in [0.15, 0.2) is 0 Å². The predicted molar refractivity (Wildman–Crippen MR) is 130 cm³/mol. The van der Waals surface area contributed by atoms with Gasteiger partial charge in [0.1, 0.15) is 0 Å². The second-order valence-corrected chi connectivity index (χ2v) is 9.92. The maximum atomic E-state index is 12.9. The number of carbonyl (C=O) groups excluding carboxylic acids is 2. The molecule has 0 fully saturated rings. The highest BCUT2D eigenvalue weighted by atomic mass is 32.2. The summed E-state index contributed by atoms with van der Waals surface area (Å²) in [6, 6.07) is 20.1. The third kappa shape index (κ3) is 5.78. The van der Waals surface area contributed by atoms with Crippen molar-refractivity contribution in [3.8, 4) is 0 Å². The van der Waals surface area contributed by atoms with E-state index in [-0.39, 0.29) is 16.7 Å². The van der Waals surface area contributed by atoms with Crippen LogP contribution in [0.15, 0.2) is 77.7 Å². The normalized spacial score (nSPS) is 11.0. The summed E-state index contributed by atoms with van der Waals surface area (Å²) in [5, 5.41) is 2.81. The van der Waals surface area contributed by atoms with E-state index in [1.54, 1.807) is 86.9 Å². The van der Waals surface area contributed by atoms with Crippen molar-refractivity contribution in [2.75, 3.05) is 30.8 Å². The minimum Gasteiger partial charge on any atom is -0.349 e. The van der Waals surface area contributed by atoms with Crippen molar-refractivity contribution < 1.29 is 18.0 Å². The molecule has 1 N–H and O–H groups in total. The molecule has 0 aliphatic carbocycles. The summed E-state index contributed by atoms with van der Waals surface area (Å²) in [4.78, 5) is 26.1. The van der Waals surface area contributed by atoms with E-state index < -0.39 is 10.0 Å². The molecule has 3 rings (SSSR count). The fourth-order valence-electron chi connectivity index (χ4n) is 3.07. The van der Waals surface area contributed by atoms with Gasteiger partial charge in [-0.15, -0.1) is 0 Å². The SMILES string of the molecule is Cc1ccc(S(=O)(=O)N(C)c2ccc(C(=O)Nc3ccc(CC(=O)N(C)C)cc3)cc2)cc1. The molecule has 33 heavy (non-hydrogen) atoms. The fraction of sp³-hybridized carbons (Fsp3) is 0.200. The van der Waals surface area contributed by atoms with E-state index in [1.807, 2.05) is 6.92 Å². The number of anilines is 2. The molecule has 2 amide bonds. The van der Waals surface area contributed by atoms with E-state index >= 15 is 0 Å². The molecule has 0 aliphatic rings. The van der Waals surface area contributed by atoms with Gasteiger partial charge in [-0.3, -0.25) is 13.9 Å². The Kier molecular flexibility index (Phi) is 7.18. The number of benzene rings is 3. The lowest BCUT2D eigenvalue weighted by molar-refractivity contribution is -0.127. The molecule has 0 radical (unpaired) electrons. The molecule has 3 aromatic carbocycles. The first kappa shape index (κ1) is 24.0. The smallest absolute Gasteiger partial charge is 0.264 e. The van der Waals surface area contributed by atoms with Crippen molar-refractivity contribution in [1.29, 1.82) is 0 Å². The van der Waals surface area contributed by atoms with Crippen LogP contribution < -0.4 is 9.62 Å². The van der Waals surface area contributed by atoms with Gasteiger partial charge in [-0.1, -0.05) is 29.8 Å². The summed E-state index contributed by atoms with van der Waals surface area (Å²) in [6.07, 6.45) is 0.293. The molecule has 0 atom stereocenters. The van der Waals surface area contributed by atoms with Crippen molar-refractivity contribution in [3.05, 3.63) is 89.5 Å². The highest BCUT2D eigenvalue weighted by Crippen LogP contribution is 2.23. The first-order valence-corrected chi connectivity index (χ1v) is 11.8. The highest BCUT2D eigenvalue weighted by molar-refractivity contribution is 7.92. The largest absolute Gasteiger partial charge is 0.349 e. The second-order valence-electron chi connectivity index (χ2n) is 7.95. The first-order chi connectivity index (χ1) is 15.6. The van der Waals surface area contributed by atoms with Crippen LogP contribution in [0.1, 0.15) is 21.5 Å². The zero-order chi connectivity index (χ0) is 24.2. The number of carbonyl (C=O) groups is 2. The lowest BCUT2D eigenvalue weighted by Gasteiger charge is -2.20. The highest BCUT2D eigenvalue weighted by Gasteiger charge is 2.21. The third-order valence-electron chi connectivity index (χ3n) is 5.24. The minimum atomic E-state index is -3.70. The van der Waals surface area contributed by atoms with Crippen LogP contribution >= 0.6 is 0 Å². The Labute approximate surface area is 194 Å². The molecule has 3 aromatic rings. The third-order valence-corrected chi connectivity index (χ3v) is 7.04. The van der Waals surface area contributed by atoms with Crippen LogP contribution in [0, 0.1) is 6.92 Å². The van der Waals surface area contributed by atoms with Gasteiger partial charge in [0.05, 0.1) is 17.0 Å². The Balaban J connectivity index is 1.67. The Morgan fingerprint density at radius 1 is 0.818 bits per heavy atom. The van der Waals surface area contributed by atoms with Crippen molar-refractivity contribution in [3.63, 3.8) is 0 Å². The van der Waals surface area contributed by atoms with Crippen LogP contribution in [0.3, 0.4) is 0 Å². The molecule has 0 unspecified atom stereocenters. The molecule has 0 bridgehead atoms. The summed E-state index contributed by atoms with van der Waals surface area (Å²) in [6.45, 7) is 1.89. The predicted octanol–water partition coefficient (Wildman–Crippen LogP) is 3.70. The first-order valence-electron chi connectivity index (χ1n) is 10.3. The molecular formula is C25H27N3O4S. The summed E-state index contributed by atoms with van der Waals surface area (Å²) in [5.41, 5.74) is 3.27. The quantitative estimate of drug-likeness (QED) is 0.576. The van der Waals surface area contributed by atoms with Gasteiger partial charge in [-0.2, -0.15) is 0 Å². The van der Waals surface area contributed by atoms with Crippen LogP contribution in [0.25, 0.3) is 0 Å². The maximum absolute atomic E-state index is 12.9. The molecule has 8 heteroatoms. The van der Waals surface area contributed by atoms with Crippen LogP contribution in [-0.2, 0) is 21.2 Å². The molecule has 7 nitrogen and oxygen atoms in total. The average molecular weight is 466 g/mol. The number of nitrogens with one attached hydrogen (secondary N) is 1. The van der Waals surface area contributed by atoms with Gasteiger partial charge in [0.2, 0.25) is 5.91 Å². The molecule has 0 heterocycles. The zero-order valence-electron chi connectivity index (χ0n) is 19.1. The van der Waals surface area contributed by atoms with Crippen LogP contribution in [0.2, 0.25) is 0 Å². The number of nitrogens with zero attached hydrogens (tertiary/aromatic N) is 2. The van der Waals surface area contributed by atoms with Gasteiger partial charge in [-0.25, -0.2) is 8.42 Å². The summed E-state index contributed by atoms with van der Waals surface area (Å²) in [5.74, 6) is -0.316. The van der Waals surface area contributed by atoms with E-state index in [4.69, 9.17) is 0 Å². The molecular weight excluding hydrogens is 438 g/mol. The van der Waals surface area contributed by atoms with Gasteiger partial charge in [0, 0.05) is 32.4 Å². The van der Waals surface area contributed by atoms with E-state index in [9.17, 15) is 18.0 Å². The molecule has 0 saturated carbocycles. The van der Waals surface area contributed by atoms with Gasteiger partial charge in [0.25, 0.3) is 15.9 Å². The molecule has 172 valence electrons. The van der Waals surface area contributed by atoms with Gasteiger partial charge < -0.3 is 10.2 Å². The van der Waals surface area contributed by atoms with Crippen molar-refractivity contribution in [2.24, 2.45) is 0 Å². The molecule has 0 spiro atoms. The summed E-state index contributed by atoms with van der Waals surface area (Å²) < 4.78 is 26.9. The van der Waals surface area contributed by atoms with Crippen LogP contribution in [0.5, 0.6) is 0 Å². The second kappa shape index (κ2) is 9.87. The van der Waals surface area contributed by atoms with Gasteiger partial charge >= 0.3 is 0 Å². The number of amides is 2. The van der Waals surface area contributed by atoms with E-state index in [0.717, 1.165) is 11.1 Å². The number of likely N-dealkylation sites (N-methyl/N-ethyl adjacent to an activating group) is 1. The van der Waals surface area contributed by atoms with Crippen molar-refractivity contribution in [2.45, 2.75) is 18.2 Å². The number of hydrogen-bond acceptors (Lipinski definition) is 4. The number of hydrogen-bond donors (Lipinski definition) is 1. The monoisotopic (exact) mass is 465 g/mol. The Hall–Kier alpha value is -3.65. The lowest BCUT2D eigenvalue weighted by atomic mass is 10.1. The van der Waals surface area contributed by atoms with Crippen LogP contribution in [-0.4, -0.2) is 46.3 Å².